The van der Waals surface area contributed by atoms with E-state index in [0.29, 0.717) is 22.0 Å². The van der Waals surface area contributed by atoms with Gasteiger partial charge in [0.05, 0.1) is 5.69 Å². The van der Waals surface area contributed by atoms with Gasteiger partial charge in [0.1, 0.15) is 5.82 Å². The number of aromatic nitrogens is 1. The molecule has 0 atom stereocenters. The Bertz CT molecular complexity index is 876. The second-order valence-electron chi connectivity index (χ2n) is 5.45. The van der Waals surface area contributed by atoms with E-state index < -0.39 is 0 Å². The molecule has 1 aromatic heterocycles. The van der Waals surface area contributed by atoms with Crippen molar-refractivity contribution < 1.29 is 9.18 Å². The Morgan fingerprint density at radius 1 is 1.17 bits per heavy atom. The quantitative estimate of drug-likeness (QED) is 0.771. The van der Waals surface area contributed by atoms with Crippen molar-refractivity contribution in [2.75, 3.05) is 24.3 Å². The number of carbonyl (C=O) groups excluding carboxylic acids is 1. The molecule has 6 heteroatoms. The van der Waals surface area contributed by atoms with Crippen molar-refractivity contribution in [3.8, 4) is 11.3 Å². The maximum Gasteiger partial charge on any atom is 0.257 e. The summed E-state index contributed by atoms with van der Waals surface area (Å²) >= 11 is 1.31. The molecule has 0 aliphatic heterocycles. The molecule has 3 aromatic rings. The number of rotatable bonds is 4. The van der Waals surface area contributed by atoms with Crippen LogP contribution in [0.1, 0.15) is 10.4 Å². The van der Waals surface area contributed by atoms with Crippen molar-refractivity contribution in [2.45, 2.75) is 0 Å². The first-order chi connectivity index (χ1) is 11.5. The lowest BCUT2D eigenvalue weighted by atomic mass is 10.2. The molecular weight excluding hydrogens is 325 g/mol. The lowest BCUT2D eigenvalue weighted by Crippen LogP contribution is -2.14. The van der Waals surface area contributed by atoms with Gasteiger partial charge in [0, 0.05) is 36.3 Å². The second-order valence-corrected chi connectivity index (χ2v) is 6.31. The Morgan fingerprint density at radius 3 is 2.71 bits per heavy atom. The number of benzene rings is 2. The van der Waals surface area contributed by atoms with E-state index in [1.54, 1.807) is 23.6 Å². The summed E-state index contributed by atoms with van der Waals surface area (Å²) in [5.41, 5.74) is 2.82. The molecule has 2 aromatic carbocycles. The van der Waals surface area contributed by atoms with Crippen LogP contribution in [0.3, 0.4) is 0 Å². The average molecular weight is 341 g/mol. The monoisotopic (exact) mass is 341 g/mol. The number of anilines is 2. The number of hydrogen-bond donors (Lipinski definition) is 1. The maximum atomic E-state index is 13.3. The molecule has 3 rings (SSSR count). The second kappa shape index (κ2) is 6.80. The summed E-state index contributed by atoms with van der Waals surface area (Å²) in [4.78, 5) is 18.7. The predicted octanol–water partition coefficient (Wildman–Crippen LogP) is 4.27. The van der Waals surface area contributed by atoms with Crippen LogP contribution >= 0.6 is 11.3 Å². The van der Waals surface area contributed by atoms with E-state index >= 15 is 0 Å². The summed E-state index contributed by atoms with van der Waals surface area (Å²) in [6, 6.07) is 13.6. The van der Waals surface area contributed by atoms with Crippen molar-refractivity contribution in [1.82, 2.24) is 4.98 Å². The van der Waals surface area contributed by atoms with Gasteiger partial charge >= 0.3 is 0 Å². The van der Waals surface area contributed by atoms with Gasteiger partial charge in [-0.15, -0.1) is 11.3 Å². The smallest absolute Gasteiger partial charge is 0.257 e. The summed E-state index contributed by atoms with van der Waals surface area (Å²) < 4.78 is 13.3. The topological polar surface area (TPSA) is 45.2 Å². The van der Waals surface area contributed by atoms with Crippen molar-refractivity contribution in [3.05, 3.63) is 65.3 Å². The van der Waals surface area contributed by atoms with E-state index in [2.05, 4.69) is 10.3 Å². The minimum absolute atomic E-state index is 0.223. The van der Waals surface area contributed by atoms with Gasteiger partial charge in [0.25, 0.3) is 5.91 Å². The van der Waals surface area contributed by atoms with Crippen LogP contribution < -0.4 is 10.2 Å². The number of halogens is 1. The standard InChI is InChI=1S/C18H16FN3OS/c1-22(2)15-8-4-6-13(10-15)17(23)21-18-20-16(11-24-18)12-5-3-7-14(19)9-12/h3-11H,1-2H3,(H,20,21,23). The Labute approximate surface area is 143 Å². The summed E-state index contributed by atoms with van der Waals surface area (Å²) in [5.74, 6) is -0.537. The van der Waals surface area contributed by atoms with Gasteiger partial charge in [-0.2, -0.15) is 0 Å². The summed E-state index contributed by atoms with van der Waals surface area (Å²) in [5, 5.41) is 5.06. The van der Waals surface area contributed by atoms with Gasteiger partial charge in [-0.1, -0.05) is 18.2 Å². The van der Waals surface area contributed by atoms with E-state index in [1.165, 1.54) is 23.5 Å². The highest BCUT2D eigenvalue weighted by Gasteiger charge is 2.11. The molecule has 24 heavy (non-hydrogen) atoms. The molecule has 0 bridgehead atoms. The molecule has 122 valence electrons. The SMILES string of the molecule is CN(C)c1cccc(C(=O)Nc2nc(-c3cccc(F)c3)cs2)c1. The summed E-state index contributed by atoms with van der Waals surface area (Å²) in [6.45, 7) is 0. The van der Waals surface area contributed by atoms with Crippen LogP contribution in [0.4, 0.5) is 15.2 Å². The molecule has 0 fully saturated rings. The Balaban J connectivity index is 1.77. The lowest BCUT2D eigenvalue weighted by Gasteiger charge is -2.13. The van der Waals surface area contributed by atoms with E-state index in [9.17, 15) is 9.18 Å². The summed E-state index contributed by atoms with van der Waals surface area (Å²) in [6.07, 6.45) is 0. The molecule has 0 saturated carbocycles. The highest BCUT2D eigenvalue weighted by molar-refractivity contribution is 7.14. The third kappa shape index (κ3) is 3.60. The van der Waals surface area contributed by atoms with Gasteiger partial charge in [-0.3, -0.25) is 10.1 Å². The largest absolute Gasteiger partial charge is 0.378 e. The first kappa shape index (κ1) is 16.1. The number of carbonyl (C=O) groups is 1. The highest BCUT2D eigenvalue weighted by Crippen LogP contribution is 2.26. The van der Waals surface area contributed by atoms with Gasteiger partial charge in [0.2, 0.25) is 0 Å². The average Bonchev–Trinajstić information content (AvgIpc) is 3.03. The highest BCUT2D eigenvalue weighted by atomic mass is 32.1. The van der Waals surface area contributed by atoms with Crippen LogP contribution in [-0.2, 0) is 0 Å². The maximum absolute atomic E-state index is 13.3. The molecular formula is C18H16FN3OS. The van der Waals surface area contributed by atoms with E-state index in [-0.39, 0.29) is 11.7 Å². The third-order valence-electron chi connectivity index (χ3n) is 3.47. The number of thiazole rings is 1. The van der Waals surface area contributed by atoms with E-state index in [1.807, 2.05) is 37.2 Å². The number of nitrogens with one attached hydrogen (secondary N) is 1. The third-order valence-corrected chi connectivity index (χ3v) is 4.23. The molecule has 0 aliphatic carbocycles. The first-order valence-corrected chi connectivity index (χ1v) is 8.21. The fraction of sp³-hybridized carbons (Fsp3) is 0.111. The predicted molar refractivity (Wildman–Crippen MR) is 96.2 cm³/mol. The zero-order valence-corrected chi connectivity index (χ0v) is 14.1. The van der Waals surface area contributed by atoms with Gasteiger partial charge in [-0.05, 0) is 30.3 Å². The molecule has 0 radical (unpaired) electrons. The van der Waals surface area contributed by atoms with Gasteiger partial charge in [-0.25, -0.2) is 9.37 Å². The van der Waals surface area contributed by atoms with Crippen molar-refractivity contribution in [3.63, 3.8) is 0 Å². The molecule has 0 spiro atoms. The Hall–Kier alpha value is -2.73. The fourth-order valence-electron chi connectivity index (χ4n) is 2.21. The van der Waals surface area contributed by atoms with Gasteiger partial charge in [0.15, 0.2) is 5.13 Å². The summed E-state index contributed by atoms with van der Waals surface area (Å²) in [7, 11) is 3.84. The minimum Gasteiger partial charge on any atom is -0.378 e. The zero-order chi connectivity index (χ0) is 17.1. The van der Waals surface area contributed by atoms with Crippen LogP contribution in [0.5, 0.6) is 0 Å². The molecule has 0 saturated heterocycles. The molecule has 0 unspecified atom stereocenters. The molecule has 0 aliphatic rings. The van der Waals surface area contributed by atoms with Gasteiger partial charge < -0.3 is 4.90 Å². The number of amides is 1. The van der Waals surface area contributed by atoms with Crippen LogP contribution in [-0.4, -0.2) is 25.0 Å². The zero-order valence-electron chi connectivity index (χ0n) is 13.3. The molecule has 1 heterocycles. The van der Waals surface area contributed by atoms with Crippen LogP contribution in [0.2, 0.25) is 0 Å². The normalized spacial score (nSPS) is 10.5. The first-order valence-electron chi connectivity index (χ1n) is 7.33. The van der Waals surface area contributed by atoms with Crippen molar-refractivity contribution in [1.29, 1.82) is 0 Å². The van der Waals surface area contributed by atoms with Crippen molar-refractivity contribution >= 4 is 28.1 Å². The van der Waals surface area contributed by atoms with E-state index in [4.69, 9.17) is 0 Å². The number of hydrogen-bond acceptors (Lipinski definition) is 4. The Kier molecular flexibility index (Phi) is 4.57. The van der Waals surface area contributed by atoms with Crippen LogP contribution in [0.25, 0.3) is 11.3 Å². The van der Waals surface area contributed by atoms with Crippen molar-refractivity contribution in [2.24, 2.45) is 0 Å². The van der Waals surface area contributed by atoms with E-state index in [0.717, 1.165) is 5.69 Å². The molecule has 4 nitrogen and oxygen atoms in total. The lowest BCUT2D eigenvalue weighted by molar-refractivity contribution is 0.102. The molecule has 1 N–H and O–H groups in total. The fourth-order valence-corrected chi connectivity index (χ4v) is 2.92. The minimum atomic E-state index is -0.313. The van der Waals surface area contributed by atoms with Crippen LogP contribution in [0, 0.1) is 5.82 Å². The Morgan fingerprint density at radius 2 is 1.96 bits per heavy atom. The van der Waals surface area contributed by atoms with Crippen LogP contribution in [0.15, 0.2) is 53.9 Å². The number of nitrogens with zero attached hydrogens (tertiary/aromatic N) is 2. The molecule has 1 amide bonds.